The zero-order valence-electron chi connectivity index (χ0n) is 16.9. The summed E-state index contributed by atoms with van der Waals surface area (Å²) < 4.78 is 11.0. The second-order valence-electron chi connectivity index (χ2n) is 6.80. The highest BCUT2D eigenvalue weighted by Gasteiger charge is 2.42. The maximum absolute atomic E-state index is 12.8. The lowest BCUT2D eigenvalue weighted by Crippen LogP contribution is -2.46. The number of esters is 1. The first kappa shape index (κ1) is 22.8. The molecule has 0 aliphatic rings. The molecule has 0 saturated heterocycles. The fourth-order valence-corrected chi connectivity index (χ4v) is 5.40. The number of fused-ring (bicyclic) bond motifs is 1. The van der Waals surface area contributed by atoms with Gasteiger partial charge in [-0.1, -0.05) is 49.9 Å². The summed E-state index contributed by atoms with van der Waals surface area (Å²) in [6, 6.07) is 11.8. The normalized spacial score (nSPS) is 14.3. The van der Waals surface area contributed by atoms with Gasteiger partial charge >= 0.3 is 5.97 Å². The van der Waals surface area contributed by atoms with E-state index >= 15 is 0 Å². The van der Waals surface area contributed by atoms with Gasteiger partial charge in [-0.05, 0) is 38.3 Å². The number of ether oxygens (including phenoxy) is 2. The highest BCUT2D eigenvalue weighted by molar-refractivity contribution is 8.04. The van der Waals surface area contributed by atoms with Crippen LogP contribution in [-0.4, -0.2) is 41.1 Å². The van der Waals surface area contributed by atoms with Gasteiger partial charge in [0, 0.05) is 12.0 Å². The van der Waals surface area contributed by atoms with Crippen molar-refractivity contribution < 1.29 is 19.2 Å². The number of hydrogen-bond donors (Lipinski definition) is 0. The molecule has 0 radical (unpaired) electrons. The highest BCUT2D eigenvalue weighted by atomic mass is 32.2. The molecular formula is C21H28NO4PS. The van der Waals surface area contributed by atoms with Crippen molar-refractivity contribution in [3.63, 3.8) is 0 Å². The van der Waals surface area contributed by atoms with Gasteiger partial charge in [-0.25, -0.2) is 9.78 Å². The fraction of sp³-hybridized carbons (Fsp3) is 0.476. The number of carbonyl (C=O) groups is 1. The molecule has 28 heavy (non-hydrogen) atoms. The van der Waals surface area contributed by atoms with Gasteiger partial charge in [0.15, 0.2) is 5.49 Å². The van der Waals surface area contributed by atoms with E-state index < -0.39 is 19.3 Å². The van der Waals surface area contributed by atoms with Gasteiger partial charge in [0.05, 0.1) is 19.9 Å². The van der Waals surface area contributed by atoms with E-state index in [2.05, 4.69) is 4.98 Å². The number of benzene rings is 1. The molecule has 0 fully saturated rings. The summed E-state index contributed by atoms with van der Waals surface area (Å²) in [5.74, 6) is 1.26. The largest absolute Gasteiger partial charge is 0.630 e. The zero-order chi connectivity index (χ0) is 20.6. The van der Waals surface area contributed by atoms with E-state index in [1.165, 1.54) is 17.6 Å². The van der Waals surface area contributed by atoms with E-state index in [0.29, 0.717) is 18.5 Å². The molecule has 1 aromatic carbocycles. The van der Waals surface area contributed by atoms with Gasteiger partial charge in [-0.3, -0.25) is 0 Å². The molecule has 2 atom stereocenters. The Hall–Kier alpha value is -1.46. The number of rotatable bonds is 10. The summed E-state index contributed by atoms with van der Waals surface area (Å²) in [6.45, 7) is 8.17. The molecule has 2 unspecified atom stereocenters. The summed E-state index contributed by atoms with van der Waals surface area (Å²) >= 11 is 1.41. The molecule has 2 aromatic rings. The van der Waals surface area contributed by atoms with Crippen molar-refractivity contribution in [3.05, 3.63) is 36.4 Å². The molecule has 5 nitrogen and oxygen atoms in total. The standard InChI is InChI=1S/C21H28NO4PS/c1-5-25-20(23)21(26-6-2,13-16(3)4)14-27(24)15-28-19-12-11-17-9-7-8-10-18(17)22-19/h7-12,14,16H,5-6,13,15H2,1-4H3. The van der Waals surface area contributed by atoms with Gasteiger partial charge < -0.3 is 14.4 Å². The number of aromatic nitrogens is 1. The number of nitrogens with zero attached hydrogens (tertiary/aromatic N) is 1. The van der Waals surface area contributed by atoms with E-state index in [1.54, 1.807) is 6.92 Å². The van der Waals surface area contributed by atoms with Crippen molar-refractivity contribution >= 4 is 42.2 Å². The van der Waals surface area contributed by atoms with E-state index in [4.69, 9.17) is 9.47 Å². The Morgan fingerprint density at radius 3 is 2.68 bits per heavy atom. The second-order valence-corrected chi connectivity index (χ2v) is 9.63. The number of hydrogen-bond acceptors (Lipinski definition) is 6. The minimum absolute atomic E-state index is 0.186. The quantitative estimate of drug-likeness (QED) is 0.325. The molecule has 1 aromatic heterocycles. The highest BCUT2D eigenvalue weighted by Crippen LogP contribution is 2.31. The van der Waals surface area contributed by atoms with Crippen LogP contribution in [0.5, 0.6) is 0 Å². The van der Waals surface area contributed by atoms with Crippen LogP contribution in [0, 0.1) is 5.92 Å². The summed E-state index contributed by atoms with van der Waals surface area (Å²) in [5.41, 5.74) is -0.0433. The van der Waals surface area contributed by atoms with E-state index in [-0.39, 0.29) is 12.5 Å². The van der Waals surface area contributed by atoms with Gasteiger partial charge in [-0.15, -0.1) is 0 Å². The Bertz CT molecular complexity index is 827. The predicted molar refractivity (Wildman–Crippen MR) is 116 cm³/mol. The molecule has 1 heterocycles. The van der Waals surface area contributed by atoms with Crippen LogP contribution in [0.3, 0.4) is 0 Å². The monoisotopic (exact) mass is 421 g/mol. The lowest BCUT2D eigenvalue weighted by molar-refractivity contribution is -0.165. The predicted octanol–water partition coefficient (Wildman–Crippen LogP) is 4.23. The van der Waals surface area contributed by atoms with Gasteiger partial charge in [0.1, 0.15) is 10.8 Å². The average Bonchev–Trinajstić information content (AvgIpc) is 2.66. The van der Waals surface area contributed by atoms with Crippen LogP contribution >= 0.6 is 19.5 Å². The summed E-state index contributed by atoms with van der Waals surface area (Å²) in [5, 5.41) is 1.87. The van der Waals surface area contributed by atoms with Crippen LogP contribution in [0.1, 0.15) is 34.1 Å². The Morgan fingerprint density at radius 2 is 2.00 bits per heavy atom. The van der Waals surface area contributed by atoms with Crippen molar-refractivity contribution in [2.75, 3.05) is 18.7 Å². The molecule has 0 amide bonds. The third-order valence-electron chi connectivity index (χ3n) is 4.00. The molecule has 0 aliphatic heterocycles. The van der Waals surface area contributed by atoms with Gasteiger partial charge in [0.25, 0.3) is 0 Å². The summed E-state index contributed by atoms with van der Waals surface area (Å²) in [6.07, 6.45) is 0.430. The van der Waals surface area contributed by atoms with E-state index in [0.717, 1.165) is 15.9 Å². The lowest BCUT2D eigenvalue weighted by atomic mass is 9.94. The van der Waals surface area contributed by atoms with Crippen molar-refractivity contribution in [2.24, 2.45) is 5.92 Å². The summed E-state index contributed by atoms with van der Waals surface area (Å²) in [4.78, 5) is 30.0. The first-order valence-corrected chi connectivity index (χ1v) is 12.0. The lowest BCUT2D eigenvalue weighted by Gasteiger charge is -2.28. The molecule has 0 saturated carbocycles. The third-order valence-corrected chi connectivity index (χ3v) is 6.76. The van der Waals surface area contributed by atoms with Crippen molar-refractivity contribution in [2.45, 2.75) is 44.7 Å². The molecule has 0 bridgehead atoms. The number of thioether (sulfide) groups is 1. The Balaban J connectivity index is 2.19. The smallest absolute Gasteiger partial charge is 0.346 e. The molecule has 0 N–H and O–H groups in total. The fourth-order valence-electron chi connectivity index (χ4n) is 2.99. The van der Waals surface area contributed by atoms with Gasteiger partial charge in [-0.2, -0.15) is 0 Å². The second kappa shape index (κ2) is 10.9. The zero-order valence-corrected chi connectivity index (χ0v) is 18.6. The molecule has 7 heteroatoms. The third kappa shape index (κ3) is 6.28. The molecule has 152 valence electrons. The van der Waals surface area contributed by atoms with Gasteiger partial charge in [0.2, 0.25) is 5.60 Å². The minimum Gasteiger partial charge on any atom is -0.630 e. The average molecular weight is 421 g/mol. The van der Waals surface area contributed by atoms with Crippen LogP contribution in [0.4, 0.5) is 0 Å². The van der Waals surface area contributed by atoms with Crippen LogP contribution in [-0.2, 0) is 14.3 Å². The Kier molecular flexibility index (Phi) is 8.90. The number of pyridine rings is 1. The SMILES string of the molecule is CCOC(=O)C(C=[P+]([O-])CSc1ccc2ccccc2n1)(CC(C)C)OCC. The molecule has 0 spiro atoms. The van der Waals surface area contributed by atoms with E-state index in [9.17, 15) is 9.69 Å². The molecule has 0 aliphatic carbocycles. The summed E-state index contributed by atoms with van der Waals surface area (Å²) in [7, 11) is -1.80. The van der Waals surface area contributed by atoms with Crippen LogP contribution in [0.2, 0.25) is 0 Å². The topological polar surface area (TPSA) is 71.5 Å². The maximum atomic E-state index is 12.8. The first-order valence-electron chi connectivity index (χ1n) is 9.49. The molecule has 2 rings (SSSR count). The molecular weight excluding hydrogens is 393 g/mol. The van der Waals surface area contributed by atoms with Crippen LogP contribution in [0.25, 0.3) is 10.9 Å². The van der Waals surface area contributed by atoms with Crippen molar-refractivity contribution in [3.8, 4) is 0 Å². The minimum atomic E-state index is -1.80. The van der Waals surface area contributed by atoms with Crippen molar-refractivity contribution in [1.29, 1.82) is 0 Å². The number of carbonyl (C=O) groups excluding carboxylic acids is 1. The van der Waals surface area contributed by atoms with Crippen LogP contribution in [0.15, 0.2) is 41.4 Å². The van der Waals surface area contributed by atoms with Crippen LogP contribution < -0.4 is 4.89 Å². The van der Waals surface area contributed by atoms with E-state index in [1.807, 2.05) is 57.2 Å². The maximum Gasteiger partial charge on any atom is 0.346 e. The Labute approximate surface area is 172 Å². The first-order chi connectivity index (χ1) is 13.4. The Morgan fingerprint density at radius 1 is 1.25 bits per heavy atom. The number of para-hydroxylation sites is 1. The van der Waals surface area contributed by atoms with Crippen molar-refractivity contribution in [1.82, 2.24) is 4.98 Å².